The molecule has 1 atom stereocenters. The Morgan fingerprint density at radius 3 is 2.79 bits per heavy atom. The summed E-state index contributed by atoms with van der Waals surface area (Å²) in [5.41, 5.74) is 3.65. The molecule has 3 aromatic rings. The van der Waals surface area contributed by atoms with Gasteiger partial charge in [-0.2, -0.15) is 0 Å². The maximum Gasteiger partial charge on any atom is 0.274 e. The summed E-state index contributed by atoms with van der Waals surface area (Å²) in [5.74, 6) is 0.484. The van der Waals surface area contributed by atoms with Crippen molar-refractivity contribution in [2.45, 2.75) is 26.8 Å². The third-order valence-corrected chi connectivity index (χ3v) is 3.99. The van der Waals surface area contributed by atoms with Gasteiger partial charge in [0.15, 0.2) is 11.3 Å². The predicted molar refractivity (Wildman–Crippen MR) is 91.3 cm³/mol. The highest BCUT2D eigenvalue weighted by Gasteiger charge is 2.19. The number of rotatable bonds is 4. The van der Waals surface area contributed by atoms with Gasteiger partial charge in [-0.1, -0.05) is 18.2 Å². The van der Waals surface area contributed by atoms with E-state index in [9.17, 15) is 4.79 Å². The van der Waals surface area contributed by atoms with Gasteiger partial charge in [0.25, 0.3) is 5.91 Å². The smallest absolute Gasteiger partial charge is 0.274 e. The molecular formula is C18H20N4O2. The molecule has 0 aliphatic heterocycles. The van der Waals surface area contributed by atoms with E-state index in [2.05, 4.69) is 15.3 Å². The van der Waals surface area contributed by atoms with Gasteiger partial charge in [-0.25, -0.2) is 9.97 Å². The van der Waals surface area contributed by atoms with E-state index in [1.54, 1.807) is 13.4 Å². The Bertz CT molecular complexity index is 901. The first-order chi connectivity index (χ1) is 11.5. The van der Waals surface area contributed by atoms with E-state index in [1.807, 2.05) is 55.5 Å². The van der Waals surface area contributed by atoms with E-state index in [0.717, 1.165) is 22.7 Å². The Balaban J connectivity index is 1.90. The summed E-state index contributed by atoms with van der Waals surface area (Å²) in [6.07, 6.45) is 1.62. The molecule has 6 nitrogen and oxygen atoms in total. The number of carbonyl (C=O) groups excluding carboxylic acids is 1. The SMILES string of the molecule is COc1ccccc1[C@@H](C)NC(=O)c1ncn2c(C)cc(C)nc12. The maximum atomic E-state index is 12.7. The standard InChI is InChI=1S/C18H20N4O2/c1-11-9-12(2)22-10-19-16(17(22)20-11)18(23)21-13(3)14-7-5-6-8-15(14)24-4/h5-10,13H,1-4H3,(H,21,23)/t13-/m1/s1. The first kappa shape index (κ1) is 16.0. The fraction of sp³-hybridized carbons (Fsp3) is 0.278. The summed E-state index contributed by atoms with van der Waals surface area (Å²) >= 11 is 0. The second-order valence-electron chi connectivity index (χ2n) is 5.76. The quantitative estimate of drug-likeness (QED) is 0.801. The molecule has 3 rings (SSSR count). The molecule has 1 N–H and O–H groups in total. The second-order valence-corrected chi connectivity index (χ2v) is 5.76. The normalized spacial score (nSPS) is 12.2. The molecule has 0 saturated heterocycles. The third kappa shape index (κ3) is 2.82. The molecule has 0 aliphatic rings. The molecule has 2 aromatic heterocycles. The van der Waals surface area contributed by atoms with Crippen LogP contribution in [0.15, 0.2) is 36.7 Å². The van der Waals surface area contributed by atoms with Crippen LogP contribution < -0.4 is 10.1 Å². The van der Waals surface area contributed by atoms with E-state index >= 15 is 0 Å². The Kier molecular flexibility index (Phi) is 4.20. The first-order valence-corrected chi connectivity index (χ1v) is 7.76. The summed E-state index contributed by atoms with van der Waals surface area (Å²) in [6.45, 7) is 5.78. The number of carbonyl (C=O) groups is 1. The lowest BCUT2D eigenvalue weighted by atomic mass is 10.1. The molecule has 0 aliphatic carbocycles. The van der Waals surface area contributed by atoms with Crippen LogP contribution in [0.1, 0.15) is 40.4 Å². The van der Waals surface area contributed by atoms with Crippen molar-refractivity contribution in [3.63, 3.8) is 0 Å². The van der Waals surface area contributed by atoms with Crippen molar-refractivity contribution in [3.05, 3.63) is 59.3 Å². The fourth-order valence-corrected chi connectivity index (χ4v) is 2.81. The molecule has 1 amide bonds. The van der Waals surface area contributed by atoms with Crippen molar-refractivity contribution in [1.29, 1.82) is 0 Å². The molecule has 0 unspecified atom stereocenters. The predicted octanol–water partition coefficient (Wildman–Crippen LogP) is 2.85. The Hall–Kier alpha value is -2.89. The zero-order valence-corrected chi connectivity index (χ0v) is 14.2. The molecule has 0 bridgehead atoms. The van der Waals surface area contributed by atoms with Crippen molar-refractivity contribution in [2.24, 2.45) is 0 Å². The number of hydrogen-bond donors (Lipinski definition) is 1. The number of hydrogen-bond acceptors (Lipinski definition) is 4. The van der Waals surface area contributed by atoms with Gasteiger partial charge < -0.3 is 10.1 Å². The number of aromatic nitrogens is 3. The average molecular weight is 324 g/mol. The topological polar surface area (TPSA) is 68.5 Å². The monoisotopic (exact) mass is 324 g/mol. The number of para-hydroxylation sites is 1. The molecule has 6 heteroatoms. The number of imidazole rings is 1. The highest BCUT2D eigenvalue weighted by molar-refractivity contribution is 5.98. The zero-order chi connectivity index (χ0) is 17.3. The summed E-state index contributed by atoms with van der Waals surface area (Å²) in [4.78, 5) is 21.3. The van der Waals surface area contributed by atoms with E-state index < -0.39 is 0 Å². The lowest BCUT2D eigenvalue weighted by Crippen LogP contribution is -2.27. The first-order valence-electron chi connectivity index (χ1n) is 7.76. The zero-order valence-electron chi connectivity index (χ0n) is 14.2. The fourth-order valence-electron chi connectivity index (χ4n) is 2.81. The molecule has 0 spiro atoms. The minimum absolute atomic E-state index is 0.212. The van der Waals surface area contributed by atoms with Crippen LogP contribution in [0.4, 0.5) is 0 Å². The lowest BCUT2D eigenvalue weighted by Gasteiger charge is -2.16. The van der Waals surface area contributed by atoms with Gasteiger partial charge in [0.1, 0.15) is 12.1 Å². The molecule has 124 valence electrons. The van der Waals surface area contributed by atoms with Crippen molar-refractivity contribution in [2.75, 3.05) is 7.11 Å². The number of fused-ring (bicyclic) bond motifs is 1. The summed E-state index contributed by atoms with van der Waals surface area (Å²) in [7, 11) is 1.62. The van der Waals surface area contributed by atoms with Crippen LogP contribution in [-0.4, -0.2) is 27.4 Å². The van der Waals surface area contributed by atoms with Gasteiger partial charge in [0.2, 0.25) is 0 Å². The largest absolute Gasteiger partial charge is 0.496 e. The average Bonchev–Trinajstić information content (AvgIpc) is 2.98. The molecule has 2 heterocycles. The Morgan fingerprint density at radius 2 is 2.04 bits per heavy atom. The number of benzene rings is 1. The number of nitrogens with one attached hydrogen (secondary N) is 1. The van der Waals surface area contributed by atoms with Crippen LogP contribution in [0.25, 0.3) is 5.65 Å². The van der Waals surface area contributed by atoms with Crippen LogP contribution >= 0.6 is 0 Å². The van der Waals surface area contributed by atoms with Crippen molar-refractivity contribution >= 4 is 11.6 Å². The Labute approximate surface area is 140 Å². The maximum absolute atomic E-state index is 12.7. The molecule has 0 saturated carbocycles. The van der Waals surface area contributed by atoms with Crippen molar-refractivity contribution in [3.8, 4) is 5.75 Å². The van der Waals surface area contributed by atoms with E-state index in [4.69, 9.17) is 4.74 Å². The highest BCUT2D eigenvalue weighted by Crippen LogP contribution is 2.24. The second kappa shape index (κ2) is 6.31. The van der Waals surface area contributed by atoms with E-state index in [1.165, 1.54) is 0 Å². The Morgan fingerprint density at radius 1 is 1.29 bits per heavy atom. The molecule has 1 aromatic carbocycles. The molecular weight excluding hydrogens is 304 g/mol. The minimum atomic E-state index is -0.256. The van der Waals surface area contributed by atoms with Gasteiger partial charge in [-0.15, -0.1) is 0 Å². The van der Waals surface area contributed by atoms with Crippen LogP contribution in [0.3, 0.4) is 0 Å². The van der Waals surface area contributed by atoms with Gasteiger partial charge in [-0.3, -0.25) is 9.20 Å². The minimum Gasteiger partial charge on any atom is -0.496 e. The van der Waals surface area contributed by atoms with Gasteiger partial charge in [0, 0.05) is 17.0 Å². The van der Waals surface area contributed by atoms with Crippen molar-refractivity contribution in [1.82, 2.24) is 19.7 Å². The number of nitrogens with zero attached hydrogens (tertiary/aromatic N) is 3. The molecule has 24 heavy (non-hydrogen) atoms. The van der Waals surface area contributed by atoms with Gasteiger partial charge in [0.05, 0.1) is 13.2 Å². The van der Waals surface area contributed by atoms with Crippen LogP contribution in [0.2, 0.25) is 0 Å². The number of amides is 1. The molecule has 0 radical (unpaired) electrons. The lowest BCUT2D eigenvalue weighted by molar-refractivity contribution is 0.0936. The number of aryl methyl sites for hydroxylation is 2. The van der Waals surface area contributed by atoms with E-state index in [0.29, 0.717) is 11.3 Å². The number of methoxy groups -OCH3 is 1. The highest BCUT2D eigenvalue weighted by atomic mass is 16.5. The third-order valence-electron chi connectivity index (χ3n) is 3.99. The van der Waals surface area contributed by atoms with Gasteiger partial charge >= 0.3 is 0 Å². The van der Waals surface area contributed by atoms with Crippen LogP contribution in [0, 0.1) is 13.8 Å². The summed E-state index contributed by atoms with van der Waals surface area (Å²) in [6, 6.07) is 9.36. The van der Waals surface area contributed by atoms with Crippen LogP contribution in [0.5, 0.6) is 5.75 Å². The van der Waals surface area contributed by atoms with Gasteiger partial charge in [-0.05, 0) is 32.9 Å². The summed E-state index contributed by atoms with van der Waals surface area (Å²) < 4.78 is 7.17. The number of ether oxygens (including phenoxy) is 1. The summed E-state index contributed by atoms with van der Waals surface area (Å²) in [5, 5.41) is 2.97. The van der Waals surface area contributed by atoms with Crippen LogP contribution in [-0.2, 0) is 0 Å². The van der Waals surface area contributed by atoms with E-state index in [-0.39, 0.29) is 11.9 Å². The van der Waals surface area contributed by atoms with Crippen molar-refractivity contribution < 1.29 is 9.53 Å². The molecule has 0 fully saturated rings.